The van der Waals surface area contributed by atoms with Crippen molar-refractivity contribution in [2.24, 2.45) is 0 Å². The molecule has 1 heterocycles. The number of hydrogen-bond acceptors (Lipinski definition) is 8. The van der Waals surface area contributed by atoms with Gasteiger partial charge in [0.2, 0.25) is 0 Å². The van der Waals surface area contributed by atoms with Gasteiger partial charge in [0.1, 0.15) is 12.2 Å². The van der Waals surface area contributed by atoms with Crippen molar-refractivity contribution in [1.82, 2.24) is 0 Å². The Labute approximate surface area is 95.0 Å². The molecule has 0 radical (unpaired) electrons. The standard InChI is InChI=1S/C6H10O10S/c7-1-2(8)4(16-17(12,13)14)6(11)15-3(1)5(9)10/h1-4,6-8,11H,(H,9,10)(H,12,13,14). The molecule has 1 aliphatic heterocycles. The first kappa shape index (κ1) is 14.2. The van der Waals surface area contributed by atoms with E-state index in [9.17, 15) is 28.5 Å². The summed E-state index contributed by atoms with van der Waals surface area (Å²) in [4.78, 5) is 10.5. The van der Waals surface area contributed by atoms with Crippen molar-refractivity contribution in [3.63, 3.8) is 0 Å². The Balaban J connectivity index is 2.87. The molecule has 0 aromatic carbocycles. The first-order valence-electron chi connectivity index (χ1n) is 4.21. The summed E-state index contributed by atoms with van der Waals surface area (Å²) in [5.74, 6) is -1.67. The van der Waals surface area contributed by atoms with Gasteiger partial charge >= 0.3 is 16.4 Å². The van der Waals surface area contributed by atoms with Gasteiger partial charge in [-0.2, -0.15) is 8.42 Å². The summed E-state index contributed by atoms with van der Waals surface area (Å²) < 4.78 is 37.3. The minimum absolute atomic E-state index is 1.67. The predicted molar refractivity (Wildman–Crippen MR) is 47.0 cm³/mol. The van der Waals surface area contributed by atoms with Gasteiger partial charge in [-0.05, 0) is 0 Å². The Morgan fingerprint density at radius 1 is 1.18 bits per heavy atom. The zero-order valence-corrected chi connectivity index (χ0v) is 8.89. The van der Waals surface area contributed by atoms with Gasteiger partial charge in [0.25, 0.3) is 0 Å². The largest absolute Gasteiger partial charge is 0.479 e. The Hall–Kier alpha value is -0.820. The summed E-state index contributed by atoms with van der Waals surface area (Å²) in [5, 5.41) is 36.3. The van der Waals surface area contributed by atoms with E-state index < -0.39 is 47.1 Å². The van der Waals surface area contributed by atoms with Gasteiger partial charge in [-0.1, -0.05) is 0 Å². The highest BCUT2D eigenvalue weighted by molar-refractivity contribution is 7.80. The molecule has 0 bridgehead atoms. The summed E-state index contributed by atoms with van der Waals surface area (Å²) in [6.45, 7) is 0. The summed E-state index contributed by atoms with van der Waals surface area (Å²) >= 11 is 0. The van der Waals surface area contributed by atoms with Gasteiger partial charge in [-0.25, -0.2) is 8.98 Å². The highest BCUT2D eigenvalue weighted by Crippen LogP contribution is 2.23. The number of ether oxygens (including phenoxy) is 1. The molecule has 5 unspecified atom stereocenters. The second-order valence-electron chi connectivity index (χ2n) is 3.26. The number of aliphatic carboxylic acids is 1. The van der Waals surface area contributed by atoms with E-state index in [1.54, 1.807) is 0 Å². The molecular weight excluding hydrogens is 264 g/mol. The molecule has 0 aromatic rings. The SMILES string of the molecule is O=C(O)C1OC(O)C(OS(=O)(=O)O)C(O)C1O. The average molecular weight is 274 g/mol. The first-order valence-corrected chi connectivity index (χ1v) is 5.58. The zero-order valence-electron chi connectivity index (χ0n) is 8.07. The Kier molecular flexibility index (Phi) is 4.03. The smallest absolute Gasteiger partial charge is 0.397 e. The van der Waals surface area contributed by atoms with Crippen LogP contribution in [0.3, 0.4) is 0 Å². The fourth-order valence-electron chi connectivity index (χ4n) is 1.30. The minimum Gasteiger partial charge on any atom is -0.479 e. The lowest BCUT2D eigenvalue weighted by atomic mass is 9.99. The second kappa shape index (κ2) is 4.81. The van der Waals surface area contributed by atoms with Crippen molar-refractivity contribution in [3.05, 3.63) is 0 Å². The van der Waals surface area contributed by atoms with Gasteiger partial charge in [0, 0.05) is 0 Å². The van der Waals surface area contributed by atoms with E-state index in [1.165, 1.54) is 0 Å². The van der Waals surface area contributed by atoms with E-state index in [0.29, 0.717) is 0 Å². The van der Waals surface area contributed by atoms with Crippen molar-refractivity contribution >= 4 is 16.4 Å². The maximum atomic E-state index is 10.5. The quantitative estimate of drug-likeness (QED) is 0.328. The molecule has 0 aliphatic carbocycles. The predicted octanol–water partition coefficient (Wildman–Crippen LogP) is -3.30. The topological polar surface area (TPSA) is 171 Å². The number of rotatable bonds is 3. The van der Waals surface area contributed by atoms with Gasteiger partial charge in [0.05, 0.1) is 0 Å². The molecule has 5 atom stereocenters. The van der Waals surface area contributed by atoms with Crippen LogP contribution in [-0.2, 0) is 24.1 Å². The van der Waals surface area contributed by atoms with Crippen molar-refractivity contribution in [2.45, 2.75) is 30.7 Å². The number of carboxylic acids is 1. The minimum atomic E-state index is -5.01. The number of carbonyl (C=O) groups is 1. The molecule has 0 amide bonds. The van der Waals surface area contributed by atoms with Crippen LogP contribution in [0.15, 0.2) is 0 Å². The van der Waals surface area contributed by atoms with E-state index in [1.807, 2.05) is 0 Å². The van der Waals surface area contributed by atoms with Crippen molar-refractivity contribution in [2.75, 3.05) is 0 Å². The van der Waals surface area contributed by atoms with Crippen LogP contribution in [-0.4, -0.2) is 70.1 Å². The third-order valence-electron chi connectivity index (χ3n) is 2.04. The normalized spacial score (nSPS) is 38.9. The van der Waals surface area contributed by atoms with Gasteiger partial charge in [-0.3, -0.25) is 4.55 Å². The lowest BCUT2D eigenvalue weighted by Gasteiger charge is -2.37. The molecule has 1 fully saturated rings. The lowest BCUT2D eigenvalue weighted by molar-refractivity contribution is -0.274. The molecular formula is C6H10O10S. The van der Waals surface area contributed by atoms with Gasteiger partial charge in [-0.15, -0.1) is 0 Å². The van der Waals surface area contributed by atoms with E-state index in [2.05, 4.69) is 8.92 Å². The Morgan fingerprint density at radius 2 is 1.71 bits per heavy atom. The molecule has 1 aliphatic rings. The van der Waals surface area contributed by atoms with E-state index in [0.717, 1.165) is 0 Å². The number of aliphatic hydroxyl groups excluding tert-OH is 3. The maximum Gasteiger partial charge on any atom is 0.397 e. The molecule has 17 heavy (non-hydrogen) atoms. The summed E-state index contributed by atoms with van der Waals surface area (Å²) in [6, 6.07) is 0. The van der Waals surface area contributed by atoms with Crippen LogP contribution in [0.4, 0.5) is 0 Å². The van der Waals surface area contributed by atoms with Crippen molar-refractivity contribution < 1.29 is 47.1 Å². The van der Waals surface area contributed by atoms with E-state index in [-0.39, 0.29) is 0 Å². The highest BCUT2D eigenvalue weighted by atomic mass is 32.3. The molecule has 0 saturated carbocycles. The molecule has 11 heteroatoms. The van der Waals surface area contributed by atoms with Crippen LogP contribution in [0.1, 0.15) is 0 Å². The molecule has 1 saturated heterocycles. The fraction of sp³-hybridized carbons (Fsp3) is 0.833. The van der Waals surface area contributed by atoms with Crippen molar-refractivity contribution in [3.8, 4) is 0 Å². The number of hydrogen-bond donors (Lipinski definition) is 5. The number of carboxylic acid groups (broad SMARTS) is 1. The summed E-state index contributed by atoms with van der Waals surface area (Å²) in [6.07, 6.45) is -10.2. The third kappa shape index (κ3) is 3.32. The molecule has 10 nitrogen and oxygen atoms in total. The molecule has 0 spiro atoms. The van der Waals surface area contributed by atoms with Crippen LogP contribution in [0, 0.1) is 0 Å². The van der Waals surface area contributed by atoms with Crippen LogP contribution in [0.2, 0.25) is 0 Å². The first-order chi connectivity index (χ1) is 7.63. The highest BCUT2D eigenvalue weighted by Gasteiger charge is 2.49. The molecule has 0 aromatic heterocycles. The summed E-state index contributed by atoms with van der Waals surface area (Å²) in [5.41, 5.74) is 0. The zero-order chi connectivity index (χ0) is 13.4. The lowest BCUT2D eigenvalue weighted by Crippen LogP contribution is -2.60. The third-order valence-corrected chi connectivity index (χ3v) is 2.51. The van der Waals surface area contributed by atoms with Crippen LogP contribution in [0.25, 0.3) is 0 Å². The summed E-state index contributed by atoms with van der Waals surface area (Å²) in [7, 11) is -5.01. The molecule has 5 N–H and O–H groups in total. The second-order valence-corrected chi connectivity index (χ2v) is 4.30. The van der Waals surface area contributed by atoms with Crippen LogP contribution in [0.5, 0.6) is 0 Å². The van der Waals surface area contributed by atoms with E-state index in [4.69, 9.17) is 9.66 Å². The number of aliphatic hydroxyl groups is 3. The van der Waals surface area contributed by atoms with Crippen molar-refractivity contribution in [1.29, 1.82) is 0 Å². The fourth-order valence-corrected chi connectivity index (χ4v) is 1.79. The van der Waals surface area contributed by atoms with Crippen LogP contribution < -0.4 is 0 Å². The van der Waals surface area contributed by atoms with Crippen LogP contribution >= 0.6 is 0 Å². The van der Waals surface area contributed by atoms with Gasteiger partial charge < -0.3 is 25.2 Å². The van der Waals surface area contributed by atoms with Gasteiger partial charge in [0.15, 0.2) is 18.5 Å². The molecule has 100 valence electrons. The average Bonchev–Trinajstić information content (AvgIpc) is 2.16. The molecule has 1 rings (SSSR count). The Bertz CT molecular complexity index is 390. The maximum absolute atomic E-state index is 10.5. The Morgan fingerprint density at radius 3 is 2.12 bits per heavy atom. The van der Waals surface area contributed by atoms with E-state index >= 15 is 0 Å². The monoisotopic (exact) mass is 274 g/mol.